The topological polar surface area (TPSA) is 83.0 Å². The molecule has 0 bridgehead atoms. The lowest BCUT2D eigenvalue weighted by atomic mass is 10.1. The van der Waals surface area contributed by atoms with Gasteiger partial charge in [0.05, 0.1) is 11.1 Å². The van der Waals surface area contributed by atoms with E-state index in [0.717, 1.165) is 0 Å². The molecule has 1 aromatic carbocycles. The number of hydrogen-bond donors (Lipinski definition) is 2. The van der Waals surface area contributed by atoms with Gasteiger partial charge in [0, 0.05) is 5.39 Å². The highest BCUT2D eigenvalue weighted by Gasteiger charge is 2.21. The molecule has 16 heavy (non-hydrogen) atoms. The minimum atomic E-state index is -1.28. The van der Waals surface area contributed by atoms with Gasteiger partial charge in [-0.25, -0.2) is 5.10 Å². The molecule has 2 N–H and O–H groups in total. The molecule has 0 spiro atoms. The highest BCUT2D eigenvalue weighted by atomic mass is 35.5. The first kappa shape index (κ1) is 10.6. The van der Waals surface area contributed by atoms with Crippen LogP contribution in [0.1, 0.15) is 11.1 Å². The van der Waals surface area contributed by atoms with Gasteiger partial charge in [0.2, 0.25) is 0 Å². The average Bonchev–Trinajstić information content (AvgIpc) is 2.29. The summed E-state index contributed by atoms with van der Waals surface area (Å²) in [4.78, 5) is 22.2. The lowest BCUT2D eigenvalue weighted by Gasteiger charge is -2.06. The third kappa shape index (κ3) is 1.65. The SMILES string of the molecule is O=C(O)C(Cl)c1n[nH]c(=O)c2ccccc12. The minimum absolute atomic E-state index is 0.143. The van der Waals surface area contributed by atoms with Gasteiger partial charge in [-0.05, 0) is 6.07 Å². The maximum absolute atomic E-state index is 11.4. The van der Waals surface area contributed by atoms with Crippen molar-refractivity contribution in [2.24, 2.45) is 0 Å². The van der Waals surface area contributed by atoms with Crippen LogP contribution in [0, 0.1) is 0 Å². The molecule has 0 saturated carbocycles. The Labute approximate surface area is 94.7 Å². The molecule has 5 nitrogen and oxygen atoms in total. The summed E-state index contributed by atoms with van der Waals surface area (Å²) in [5.74, 6) is -1.20. The van der Waals surface area contributed by atoms with Gasteiger partial charge in [0.1, 0.15) is 0 Å². The molecule has 82 valence electrons. The Morgan fingerprint density at radius 1 is 1.38 bits per heavy atom. The van der Waals surface area contributed by atoms with Gasteiger partial charge in [-0.2, -0.15) is 5.10 Å². The van der Waals surface area contributed by atoms with Crippen LogP contribution in [0.3, 0.4) is 0 Å². The number of aromatic amines is 1. The Morgan fingerprint density at radius 3 is 2.62 bits per heavy atom. The normalized spacial score (nSPS) is 12.6. The summed E-state index contributed by atoms with van der Waals surface area (Å²) >= 11 is 5.69. The third-order valence-corrected chi connectivity index (χ3v) is 2.58. The van der Waals surface area contributed by atoms with Crippen molar-refractivity contribution in [3.63, 3.8) is 0 Å². The number of carboxylic acid groups (broad SMARTS) is 1. The van der Waals surface area contributed by atoms with E-state index in [4.69, 9.17) is 16.7 Å². The lowest BCUT2D eigenvalue weighted by Crippen LogP contribution is -2.15. The van der Waals surface area contributed by atoms with Gasteiger partial charge in [-0.15, -0.1) is 11.6 Å². The molecule has 0 aliphatic carbocycles. The van der Waals surface area contributed by atoms with Crippen LogP contribution in [-0.4, -0.2) is 21.3 Å². The number of hydrogen-bond acceptors (Lipinski definition) is 3. The minimum Gasteiger partial charge on any atom is -0.480 e. The van der Waals surface area contributed by atoms with E-state index in [9.17, 15) is 9.59 Å². The third-order valence-electron chi connectivity index (χ3n) is 2.18. The van der Waals surface area contributed by atoms with Gasteiger partial charge in [-0.3, -0.25) is 9.59 Å². The smallest absolute Gasteiger partial charge is 0.327 e. The van der Waals surface area contributed by atoms with E-state index in [-0.39, 0.29) is 11.3 Å². The second-order valence-electron chi connectivity index (χ2n) is 3.18. The van der Waals surface area contributed by atoms with Crippen LogP contribution in [0.4, 0.5) is 0 Å². The molecular formula is C10H7ClN2O3. The number of H-pyrrole nitrogens is 1. The van der Waals surface area contributed by atoms with Crippen LogP contribution in [0.5, 0.6) is 0 Å². The van der Waals surface area contributed by atoms with E-state index in [1.807, 2.05) is 0 Å². The van der Waals surface area contributed by atoms with Crippen molar-refractivity contribution in [1.82, 2.24) is 10.2 Å². The predicted octanol–water partition coefficient (Wildman–Crippen LogP) is 1.29. The predicted molar refractivity (Wildman–Crippen MR) is 58.6 cm³/mol. The number of fused-ring (bicyclic) bond motifs is 1. The van der Waals surface area contributed by atoms with E-state index < -0.39 is 11.3 Å². The molecule has 6 heteroatoms. The highest BCUT2D eigenvalue weighted by Crippen LogP contribution is 2.24. The lowest BCUT2D eigenvalue weighted by molar-refractivity contribution is -0.136. The second kappa shape index (κ2) is 3.94. The van der Waals surface area contributed by atoms with Crippen LogP contribution in [0.15, 0.2) is 29.1 Å². The maximum Gasteiger partial charge on any atom is 0.327 e. The largest absolute Gasteiger partial charge is 0.480 e. The van der Waals surface area contributed by atoms with E-state index >= 15 is 0 Å². The number of halogens is 1. The first-order chi connectivity index (χ1) is 7.61. The van der Waals surface area contributed by atoms with Gasteiger partial charge in [0.25, 0.3) is 5.56 Å². The number of nitrogens with one attached hydrogen (secondary N) is 1. The summed E-state index contributed by atoms with van der Waals surface area (Å²) < 4.78 is 0. The van der Waals surface area contributed by atoms with Crippen LogP contribution in [-0.2, 0) is 4.79 Å². The molecule has 0 fully saturated rings. The fraction of sp³-hybridized carbons (Fsp3) is 0.100. The molecule has 0 aliphatic heterocycles. The maximum atomic E-state index is 11.4. The van der Waals surface area contributed by atoms with Crippen molar-refractivity contribution in [2.75, 3.05) is 0 Å². The first-order valence-electron chi connectivity index (χ1n) is 4.45. The van der Waals surface area contributed by atoms with Gasteiger partial charge < -0.3 is 5.11 Å². The zero-order chi connectivity index (χ0) is 11.7. The fourth-order valence-electron chi connectivity index (χ4n) is 1.45. The quantitative estimate of drug-likeness (QED) is 0.773. The summed E-state index contributed by atoms with van der Waals surface area (Å²) in [6.45, 7) is 0. The monoisotopic (exact) mass is 238 g/mol. The molecule has 0 radical (unpaired) electrons. The van der Waals surface area contributed by atoms with Crippen molar-refractivity contribution in [3.05, 3.63) is 40.3 Å². The van der Waals surface area contributed by atoms with Crippen LogP contribution in [0.25, 0.3) is 10.8 Å². The molecule has 1 atom stereocenters. The summed E-state index contributed by atoms with van der Waals surface area (Å²) in [6.07, 6.45) is 0. The molecule has 0 aliphatic rings. The van der Waals surface area contributed by atoms with Crippen molar-refractivity contribution in [1.29, 1.82) is 0 Å². The number of carbonyl (C=O) groups is 1. The van der Waals surface area contributed by atoms with Crippen LogP contribution in [0.2, 0.25) is 0 Å². The second-order valence-corrected chi connectivity index (χ2v) is 3.62. The molecule has 1 unspecified atom stereocenters. The van der Waals surface area contributed by atoms with Gasteiger partial charge in [-0.1, -0.05) is 18.2 Å². The standard InChI is InChI=1S/C10H7ClN2O3/c11-7(10(15)16)8-5-3-1-2-4-6(5)9(14)13-12-8/h1-4,7H,(H,13,14)(H,15,16). The molecule has 2 aromatic rings. The Hall–Kier alpha value is -1.88. The number of aromatic nitrogens is 2. The Kier molecular flexibility index (Phi) is 2.62. The summed E-state index contributed by atoms with van der Waals surface area (Å²) in [5.41, 5.74) is -0.224. The number of benzene rings is 1. The Bertz CT molecular complexity index is 608. The summed E-state index contributed by atoms with van der Waals surface area (Å²) in [7, 11) is 0. The molecule has 0 amide bonds. The number of carboxylic acids is 1. The molecule has 1 aromatic heterocycles. The summed E-state index contributed by atoms with van der Waals surface area (Å²) in [5, 5.41) is 14.3. The van der Waals surface area contributed by atoms with E-state index in [1.165, 1.54) is 0 Å². The average molecular weight is 239 g/mol. The van der Waals surface area contributed by atoms with Gasteiger partial charge in [0.15, 0.2) is 5.38 Å². The van der Waals surface area contributed by atoms with Gasteiger partial charge >= 0.3 is 5.97 Å². The van der Waals surface area contributed by atoms with Crippen LogP contribution >= 0.6 is 11.6 Å². The van der Waals surface area contributed by atoms with E-state index in [2.05, 4.69) is 10.2 Å². The highest BCUT2D eigenvalue weighted by molar-refractivity contribution is 6.30. The summed E-state index contributed by atoms with van der Waals surface area (Å²) in [6, 6.07) is 6.58. The fourth-order valence-corrected chi connectivity index (χ4v) is 1.61. The van der Waals surface area contributed by atoms with Crippen molar-refractivity contribution in [2.45, 2.75) is 5.38 Å². The van der Waals surface area contributed by atoms with Crippen molar-refractivity contribution >= 4 is 28.3 Å². The molecule has 1 heterocycles. The van der Waals surface area contributed by atoms with Crippen molar-refractivity contribution < 1.29 is 9.90 Å². The Morgan fingerprint density at radius 2 is 2.00 bits per heavy atom. The molecule has 0 saturated heterocycles. The molecule has 2 rings (SSSR count). The number of rotatable bonds is 2. The van der Waals surface area contributed by atoms with E-state index in [1.54, 1.807) is 24.3 Å². The van der Waals surface area contributed by atoms with E-state index in [0.29, 0.717) is 10.8 Å². The van der Waals surface area contributed by atoms with Crippen molar-refractivity contribution in [3.8, 4) is 0 Å². The first-order valence-corrected chi connectivity index (χ1v) is 4.89. The van der Waals surface area contributed by atoms with Crippen LogP contribution < -0.4 is 5.56 Å². The zero-order valence-electron chi connectivity index (χ0n) is 7.98. The number of alkyl halides is 1. The molecular weight excluding hydrogens is 232 g/mol. The number of aliphatic carboxylic acids is 1. The Balaban J connectivity index is 2.77. The number of nitrogens with zero attached hydrogens (tertiary/aromatic N) is 1. The zero-order valence-corrected chi connectivity index (χ0v) is 8.73.